The van der Waals surface area contributed by atoms with Crippen LogP contribution in [0.25, 0.3) is 11.1 Å². The van der Waals surface area contributed by atoms with E-state index in [0.29, 0.717) is 6.04 Å². The molecule has 1 fully saturated rings. The van der Waals surface area contributed by atoms with Crippen LogP contribution in [0.3, 0.4) is 0 Å². The molecule has 23 heavy (non-hydrogen) atoms. The van der Waals surface area contributed by atoms with Crippen LogP contribution in [0.1, 0.15) is 38.2 Å². The number of anilines is 1. The fourth-order valence-corrected chi connectivity index (χ4v) is 3.50. The van der Waals surface area contributed by atoms with Crippen LogP contribution in [0, 0.1) is 5.92 Å². The van der Waals surface area contributed by atoms with Crippen molar-refractivity contribution in [2.75, 3.05) is 11.9 Å². The number of hydrogen-bond acceptors (Lipinski definition) is 4. The molecule has 120 valence electrons. The van der Waals surface area contributed by atoms with E-state index in [1.807, 2.05) is 18.5 Å². The molecule has 0 amide bonds. The largest absolute Gasteiger partial charge is 0.493 e. The maximum Gasteiger partial charge on any atom is 0.222 e. The van der Waals surface area contributed by atoms with Gasteiger partial charge in [-0.3, -0.25) is 0 Å². The number of fused-ring (bicyclic) bond motifs is 1. The minimum Gasteiger partial charge on any atom is -0.493 e. The van der Waals surface area contributed by atoms with Gasteiger partial charge in [0.15, 0.2) is 0 Å². The smallest absolute Gasteiger partial charge is 0.222 e. The molecular weight excluding hydrogens is 286 g/mol. The fraction of sp³-hybridized carbons (Fsp3) is 0.474. The molecule has 0 bridgehead atoms. The Morgan fingerprint density at radius 3 is 2.61 bits per heavy atom. The summed E-state index contributed by atoms with van der Waals surface area (Å²) in [4.78, 5) is 9.02. The highest BCUT2D eigenvalue weighted by Crippen LogP contribution is 2.30. The van der Waals surface area contributed by atoms with Gasteiger partial charge in [-0.15, -0.1) is 0 Å². The summed E-state index contributed by atoms with van der Waals surface area (Å²) in [6.45, 7) is 3.13. The van der Waals surface area contributed by atoms with Crippen LogP contribution in [0.2, 0.25) is 0 Å². The maximum absolute atomic E-state index is 5.56. The van der Waals surface area contributed by atoms with Gasteiger partial charge in [0.05, 0.1) is 6.61 Å². The Bertz CT molecular complexity index is 676. The fourth-order valence-electron chi connectivity index (χ4n) is 3.50. The van der Waals surface area contributed by atoms with Gasteiger partial charge in [0.1, 0.15) is 5.75 Å². The molecule has 0 saturated heterocycles. The number of benzene rings is 1. The van der Waals surface area contributed by atoms with Gasteiger partial charge in [-0.25, -0.2) is 9.97 Å². The molecule has 4 nitrogen and oxygen atoms in total. The highest BCUT2D eigenvalue weighted by Gasteiger charge is 2.18. The second kappa shape index (κ2) is 6.19. The van der Waals surface area contributed by atoms with Crippen LogP contribution < -0.4 is 10.1 Å². The second-order valence-electron chi connectivity index (χ2n) is 6.82. The average molecular weight is 309 g/mol. The number of hydrogen-bond donors (Lipinski definition) is 1. The molecule has 0 spiro atoms. The molecule has 0 radical (unpaired) electrons. The topological polar surface area (TPSA) is 47.0 Å². The lowest BCUT2D eigenvalue weighted by atomic mass is 9.87. The first-order valence-electron chi connectivity index (χ1n) is 8.62. The molecule has 2 heterocycles. The SMILES string of the molecule is CC1CCC(Nc2ncc(-c3ccc4c(c3)CCO4)cn2)CC1. The molecule has 0 unspecified atom stereocenters. The van der Waals surface area contributed by atoms with E-state index in [2.05, 4.69) is 34.3 Å². The third kappa shape index (κ3) is 3.16. The van der Waals surface area contributed by atoms with Crippen molar-refractivity contribution in [3.8, 4) is 16.9 Å². The number of ether oxygens (including phenoxy) is 1. The average Bonchev–Trinajstić information content (AvgIpc) is 3.05. The van der Waals surface area contributed by atoms with Crippen molar-refractivity contribution in [3.63, 3.8) is 0 Å². The second-order valence-corrected chi connectivity index (χ2v) is 6.82. The number of aromatic nitrogens is 2. The van der Waals surface area contributed by atoms with Crippen molar-refractivity contribution < 1.29 is 4.74 Å². The Labute approximate surface area is 137 Å². The summed E-state index contributed by atoms with van der Waals surface area (Å²) in [6.07, 6.45) is 9.86. The van der Waals surface area contributed by atoms with Gasteiger partial charge in [0, 0.05) is 30.4 Å². The van der Waals surface area contributed by atoms with Crippen molar-refractivity contribution in [2.24, 2.45) is 5.92 Å². The van der Waals surface area contributed by atoms with E-state index in [-0.39, 0.29) is 0 Å². The van der Waals surface area contributed by atoms with Gasteiger partial charge >= 0.3 is 0 Å². The summed E-state index contributed by atoms with van der Waals surface area (Å²) < 4.78 is 5.56. The summed E-state index contributed by atoms with van der Waals surface area (Å²) in [5.41, 5.74) is 3.50. The van der Waals surface area contributed by atoms with Gasteiger partial charge < -0.3 is 10.1 Å². The quantitative estimate of drug-likeness (QED) is 0.928. The molecule has 1 N–H and O–H groups in total. The number of rotatable bonds is 3. The van der Waals surface area contributed by atoms with Crippen molar-refractivity contribution >= 4 is 5.95 Å². The van der Waals surface area contributed by atoms with Crippen LogP contribution >= 0.6 is 0 Å². The molecule has 1 aromatic heterocycles. The highest BCUT2D eigenvalue weighted by atomic mass is 16.5. The van der Waals surface area contributed by atoms with Gasteiger partial charge in [-0.2, -0.15) is 0 Å². The van der Waals surface area contributed by atoms with E-state index in [1.54, 1.807) is 0 Å². The molecule has 0 atom stereocenters. The highest BCUT2D eigenvalue weighted by molar-refractivity contribution is 5.65. The summed E-state index contributed by atoms with van der Waals surface area (Å²) >= 11 is 0. The molecule has 1 saturated carbocycles. The third-order valence-corrected chi connectivity index (χ3v) is 5.02. The predicted molar refractivity (Wildman–Crippen MR) is 91.7 cm³/mol. The summed E-state index contributed by atoms with van der Waals surface area (Å²) in [5, 5.41) is 3.48. The van der Waals surface area contributed by atoms with Crippen molar-refractivity contribution in [1.29, 1.82) is 0 Å². The molecule has 1 aromatic carbocycles. The van der Waals surface area contributed by atoms with E-state index < -0.39 is 0 Å². The van der Waals surface area contributed by atoms with Crippen molar-refractivity contribution in [2.45, 2.75) is 45.1 Å². The molecule has 2 aliphatic rings. The Hall–Kier alpha value is -2.10. The minimum atomic E-state index is 0.522. The Morgan fingerprint density at radius 2 is 1.83 bits per heavy atom. The Morgan fingerprint density at radius 1 is 1.04 bits per heavy atom. The minimum absolute atomic E-state index is 0.522. The van der Waals surface area contributed by atoms with Crippen molar-refractivity contribution in [3.05, 3.63) is 36.2 Å². The van der Waals surface area contributed by atoms with Crippen LogP contribution in [-0.2, 0) is 6.42 Å². The van der Waals surface area contributed by atoms with Gasteiger partial charge in [0.25, 0.3) is 0 Å². The standard InChI is InChI=1S/C19H23N3O/c1-13-2-5-17(6-3-13)22-19-20-11-16(12-21-19)14-4-7-18-15(10-14)8-9-23-18/h4,7,10-13,17H,2-3,5-6,8-9H2,1H3,(H,20,21,22). The summed E-state index contributed by atoms with van der Waals surface area (Å²) in [7, 11) is 0. The van der Waals surface area contributed by atoms with Gasteiger partial charge in [-0.05, 0) is 54.9 Å². The first-order valence-corrected chi connectivity index (χ1v) is 8.62. The lowest BCUT2D eigenvalue weighted by Gasteiger charge is -2.26. The molecule has 4 rings (SSSR count). The maximum atomic E-state index is 5.56. The lowest BCUT2D eigenvalue weighted by Crippen LogP contribution is -2.26. The Kier molecular flexibility index (Phi) is 3.90. The lowest BCUT2D eigenvalue weighted by molar-refractivity contribution is 0.357. The third-order valence-electron chi connectivity index (χ3n) is 5.02. The molecule has 4 heteroatoms. The van der Waals surface area contributed by atoms with Gasteiger partial charge in [-0.1, -0.05) is 13.0 Å². The summed E-state index contributed by atoms with van der Waals surface area (Å²) in [5.74, 6) is 2.62. The van der Waals surface area contributed by atoms with E-state index >= 15 is 0 Å². The zero-order valence-corrected chi connectivity index (χ0v) is 13.6. The summed E-state index contributed by atoms with van der Waals surface area (Å²) in [6, 6.07) is 6.84. The first kappa shape index (κ1) is 14.5. The zero-order valence-electron chi connectivity index (χ0n) is 13.6. The van der Waals surface area contributed by atoms with E-state index in [9.17, 15) is 0 Å². The van der Waals surface area contributed by atoms with Crippen LogP contribution in [0.5, 0.6) is 5.75 Å². The van der Waals surface area contributed by atoms with E-state index in [4.69, 9.17) is 4.74 Å². The van der Waals surface area contributed by atoms with Crippen LogP contribution in [0.15, 0.2) is 30.6 Å². The molecule has 2 aromatic rings. The van der Waals surface area contributed by atoms with Crippen molar-refractivity contribution in [1.82, 2.24) is 9.97 Å². The molecule has 1 aliphatic heterocycles. The monoisotopic (exact) mass is 309 g/mol. The predicted octanol–water partition coefficient (Wildman–Crippen LogP) is 4.07. The van der Waals surface area contributed by atoms with Gasteiger partial charge in [0.2, 0.25) is 5.95 Å². The van der Waals surface area contributed by atoms with Crippen LogP contribution in [0.4, 0.5) is 5.95 Å². The number of nitrogens with one attached hydrogen (secondary N) is 1. The van der Waals surface area contributed by atoms with E-state index in [1.165, 1.54) is 31.2 Å². The molecular formula is C19H23N3O. The van der Waals surface area contributed by atoms with Crippen LogP contribution in [-0.4, -0.2) is 22.6 Å². The first-order chi connectivity index (χ1) is 11.3. The Balaban J connectivity index is 1.45. The van der Waals surface area contributed by atoms with E-state index in [0.717, 1.165) is 41.8 Å². The molecule has 1 aliphatic carbocycles. The number of nitrogens with zero attached hydrogens (tertiary/aromatic N) is 2. The normalized spacial score (nSPS) is 23.2. The zero-order chi connectivity index (χ0) is 15.6.